The van der Waals surface area contributed by atoms with Crippen LogP contribution in [0.5, 0.6) is 0 Å². The quantitative estimate of drug-likeness (QED) is 0.333. The summed E-state index contributed by atoms with van der Waals surface area (Å²) in [4.78, 5) is 0. The Kier molecular flexibility index (Phi) is 13.5. The molecule has 0 aromatic carbocycles. The van der Waals surface area contributed by atoms with Gasteiger partial charge in [-0.3, -0.25) is 0 Å². The van der Waals surface area contributed by atoms with Gasteiger partial charge in [-0.25, -0.2) is 0 Å². The molecule has 0 unspecified atom stereocenters. The Hall–Kier alpha value is 0.730. The Morgan fingerprint density at radius 1 is 0.867 bits per heavy atom. The van der Waals surface area contributed by atoms with Crippen LogP contribution in [0, 0.1) is 0 Å². The highest BCUT2D eigenvalue weighted by Crippen LogP contribution is 2.07. The van der Waals surface area contributed by atoms with Gasteiger partial charge < -0.3 is 21.5 Å². The first-order valence-electron chi connectivity index (χ1n) is 6.00. The molecule has 0 amide bonds. The molecule has 0 spiro atoms. The Morgan fingerprint density at radius 3 is 1.87 bits per heavy atom. The fraction of sp³-hybridized carbons (Fsp3) is 1.00. The van der Waals surface area contributed by atoms with E-state index in [-0.39, 0.29) is 17.0 Å². The smallest absolute Gasteiger partial charge is 0.0782 e. The van der Waals surface area contributed by atoms with Crippen molar-refractivity contribution in [2.24, 2.45) is 0 Å². The predicted molar refractivity (Wildman–Crippen MR) is 65.9 cm³/mol. The van der Waals surface area contributed by atoms with Crippen LogP contribution in [0.1, 0.15) is 45.4 Å². The summed E-state index contributed by atoms with van der Waals surface area (Å²) in [6.45, 7) is 4.86. The lowest BCUT2D eigenvalue weighted by atomic mass is 10.2. The Bertz CT molecular complexity index is 129. The van der Waals surface area contributed by atoms with Gasteiger partial charge in [0.15, 0.2) is 0 Å². The summed E-state index contributed by atoms with van der Waals surface area (Å²) in [6.07, 6.45) is 7.93. The predicted octanol–water partition coefficient (Wildman–Crippen LogP) is 0.666. The second-order valence-corrected chi connectivity index (χ2v) is 5.22. The molecule has 1 nitrogen and oxygen atoms in total. The Morgan fingerprint density at radius 2 is 1.40 bits per heavy atom. The summed E-state index contributed by atoms with van der Waals surface area (Å²) in [6, 6.07) is 0. The van der Waals surface area contributed by atoms with Gasteiger partial charge in [0.25, 0.3) is 0 Å². The first kappa shape index (κ1) is 18.1. The molecule has 0 aliphatic carbocycles. The van der Waals surface area contributed by atoms with E-state index < -0.39 is 0 Å². The number of nitrogens with zero attached hydrogens (tertiary/aromatic N) is 1. The third-order valence-electron chi connectivity index (χ3n) is 2.76. The molecule has 0 aliphatic rings. The fourth-order valence-electron chi connectivity index (χ4n) is 1.71. The molecule has 94 valence electrons. The summed E-state index contributed by atoms with van der Waals surface area (Å²) in [5, 5.41) is 0. The summed E-state index contributed by atoms with van der Waals surface area (Å²) in [5.74, 6) is 0.815. The van der Waals surface area contributed by atoms with Gasteiger partial charge in [0, 0.05) is 5.88 Å². The molecule has 15 heavy (non-hydrogen) atoms. The Labute approximate surface area is 112 Å². The monoisotopic (exact) mass is 299 g/mol. The van der Waals surface area contributed by atoms with Crippen LogP contribution in [-0.2, 0) is 0 Å². The van der Waals surface area contributed by atoms with Crippen LogP contribution in [0.25, 0.3) is 0 Å². The van der Waals surface area contributed by atoms with Crippen LogP contribution in [0.2, 0.25) is 0 Å². The standard InChI is InChI=1S/C12H27ClN.BrH/c1-4-5-6-8-11-14(2,3)12-9-7-10-13;/h4-12H2,1-3H3;1H/q+1;/p-1. The minimum atomic E-state index is 0. The first-order valence-corrected chi connectivity index (χ1v) is 6.54. The van der Waals surface area contributed by atoms with E-state index in [1.807, 2.05) is 0 Å². The van der Waals surface area contributed by atoms with E-state index in [2.05, 4.69) is 21.0 Å². The van der Waals surface area contributed by atoms with Crippen molar-refractivity contribution in [3.05, 3.63) is 0 Å². The van der Waals surface area contributed by atoms with E-state index >= 15 is 0 Å². The van der Waals surface area contributed by atoms with Gasteiger partial charge in [0.05, 0.1) is 27.2 Å². The molecule has 0 N–H and O–H groups in total. The van der Waals surface area contributed by atoms with Gasteiger partial charge in [-0.05, 0) is 25.7 Å². The van der Waals surface area contributed by atoms with Gasteiger partial charge in [-0.15, -0.1) is 11.6 Å². The highest BCUT2D eigenvalue weighted by molar-refractivity contribution is 6.17. The van der Waals surface area contributed by atoms with Gasteiger partial charge in [-0.2, -0.15) is 0 Å². The van der Waals surface area contributed by atoms with Gasteiger partial charge in [0.1, 0.15) is 0 Å². The molecule has 0 radical (unpaired) electrons. The molecule has 0 saturated heterocycles. The third-order valence-corrected chi connectivity index (χ3v) is 3.03. The highest BCUT2D eigenvalue weighted by Gasteiger charge is 2.12. The van der Waals surface area contributed by atoms with Crippen LogP contribution < -0.4 is 17.0 Å². The molecule has 0 bridgehead atoms. The maximum Gasteiger partial charge on any atom is 0.0782 e. The van der Waals surface area contributed by atoms with Crippen LogP contribution >= 0.6 is 11.6 Å². The molecule has 0 atom stereocenters. The van der Waals surface area contributed by atoms with Gasteiger partial charge in [-0.1, -0.05) is 19.8 Å². The molecule has 0 aromatic heterocycles. The van der Waals surface area contributed by atoms with E-state index in [1.165, 1.54) is 49.7 Å². The third kappa shape index (κ3) is 12.7. The van der Waals surface area contributed by atoms with E-state index in [9.17, 15) is 0 Å². The lowest BCUT2D eigenvalue weighted by Gasteiger charge is -2.29. The molecule has 0 aromatic rings. The lowest BCUT2D eigenvalue weighted by molar-refractivity contribution is -0.890. The number of quaternary nitrogens is 1. The molecule has 0 saturated carbocycles. The normalized spacial score (nSPS) is 11.2. The Balaban J connectivity index is 0. The summed E-state index contributed by atoms with van der Waals surface area (Å²) in [5.41, 5.74) is 0. The lowest BCUT2D eigenvalue weighted by Crippen LogP contribution is -3.00. The van der Waals surface area contributed by atoms with Crippen molar-refractivity contribution in [3.63, 3.8) is 0 Å². The van der Waals surface area contributed by atoms with Crippen LogP contribution in [0.4, 0.5) is 0 Å². The molecule has 0 aliphatic heterocycles. The zero-order valence-electron chi connectivity index (χ0n) is 10.6. The van der Waals surface area contributed by atoms with Crippen LogP contribution in [-0.4, -0.2) is 37.5 Å². The zero-order valence-corrected chi connectivity index (χ0v) is 12.9. The molecular formula is C12H27BrClN. The van der Waals surface area contributed by atoms with Gasteiger partial charge in [0.2, 0.25) is 0 Å². The summed E-state index contributed by atoms with van der Waals surface area (Å²) < 4.78 is 1.17. The van der Waals surface area contributed by atoms with E-state index in [0.29, 0.717) is 0 Å². The molecule has 3 heteroatoms. The van der Waals surface area contributed by atoms with E-state index in [4.69, 9.17) is 11.6 Å². The topological polar surface area (TPSA) is 0 Å². The maximum absolute atomic E-state index is 5.67. The van der Waals surface area contributed by atoms with Crippen LogP contribution in [0.15, 0.2) is 0 Å². The minimum Gasteiger partial charge on any atom is -1.00 e. The van der Waals surface area contributed by atoms with Gasteiger partial charge >= 0.3 is 0 Å². The average Bonchev–Trinajstić information content (AvgIpc) is 2.13. The highest BCUT2D eigenvalue weighted by atomic mass is 79.9. The first-order chi connectivity index (χ1) is 6.62. The number of unbranched alkanes of at least 4 members (excludes halogenated alkanes) is 4. The number of halogens is 2. The maximum atomic E-state index is 5.67. The van der Waals surface area contributed by atoms with Crippen LogP contribution in [0.3, 0.4) is 0 Å². The van der Waals surface area contributed by atoms with Crippen molar-refractivity contribution in [1.29, 1.82) is 0 Å². The van der Waals surface area contributed by atoms with Crippen molar-refractivity contribution in [2.45, 2.75) is 45.4 Å². The van der Waals surface area contributed by atoms with Crippen molar-refractivity contribution in [3.8, 4) is 0 Å². The second-order valence-electron chi connectivity index (χ2n) is 4.84. The summed E-state index contributed by atoms with van der Waals surface area (Å²) >= 11 is 5.67. The van der Waals surface area contributed by atoms with Crippen molar-refractivity contribution in [1.82, 2.24) is 0 Å². The largest absolute Gasteiger partial charge is 1.00 e. The second kappa shape index (κ2) is 11.2. The summed E-state index contributed by atoms with van der Waals surface area (Å²) in [7, 11) is 4.67. The van der Waals surface area contributed by atoms with Crippen molar-refractivity contribution < 1.29 is 21.5 Å². The number of alkyl halides is 1. The molecule has 0 heterocycles. The number of rotatable bonds is 9. The van der Waals surface area contributed by atoms with E-state index in [0.717, 1.165) is 12.3 Å². The average molecular weight is 301 g/mol. The number of hydrogen-bond acceptors (Lipinski definition) is 0. The number of hydrogen-bond donors (Lipinski definition) is 0. The SMILES string of the molecule is CCCCCC[N+](C)(C)CCCCCl.[Br-]. The van der Waals surface area contributed by atoms with E-state index in [1.54, 1.807) is 0 Å². The molecular weight excluding hydrogens is 273 g/mol. The van der Waals surface area contributed by atoms with Crippen molar-refractivity contribution in [2.75, 3.05) is 33.1 Å². The fourth-order valence-corrected chi connectivity index (χ4v) is 1.90. The molecule has 0 rings (SSSR count). The van der Waals surface area contributed by atoms with Crippen molar-refractivity contribution >= 4 is 11.6 Å². The molecule has 0 fully saturated rings. The zero-order chi connectivity index (χ0) is 10.9. The minimum absolute atomic E-state index is 0.